The second-order valence-corrected chi connectivity index (χ2v) is 12.3. The summed E-state index contributed by atoms with van der Waals surface area (Å²) in [6.07, 6.45) is 26.3. The van der Waals surface area contributed by atoms with E-state index in [0.29, 0.717) is 0 Å². The molecule has 0 bridgehead atoms. The van der Waals surface area contributed by atoms with Crippen molar-refractivity contribution in [1.29, 1.82) is 0 Å². The maximum Gasteiger partial charge on any atom is 0.345 e. The summed E-state index contributed by atoms with van der Waals surface area (Å²) in [6, 6.07) is 0. The van der Waals surface area contributed by atoms with E-state index in [-0.39, 0.29) is 5.92 Å². The van der Waals surface area contributed by atoms with Gasteiger partial charge in [-0.15, -0.1) is 0 Å². The van der Waals surface area contributed by atoms with Crippen LogP contribution < -0.4 is 0 Å². The highest BCUT2D eigenvalue weighted by Crippen LogP contribution is 2.46. The van der Waals surface area contributed by atoms with Crippen molar-refractivity contribution in [2.75, 3.05) is 6.61 Å². The fraction of sp³-hybridized carbons (Fsp3) is 0.943. The van der Waals surface area contributed by atoms with Crippen LogP contribution in [0.5, 0.6) is 0 Å². The Morgan fingerprint density at radius 3 is 1.30 bits per heavy atom. The van der Waals surface area contributed by atoms with Crippen LogP contribution in [0.15, 0.2) is 0 Å². The highest BCUT2D eigenvalue weighted by molar-refractivity contribution is 5.91. The molecule has 2 unspecified atom stereocenters. The van der Waals surface area contributed by atoms with Crippen LogP contribution in [0.3, 0.4) is 0 Å². The minimum Gasteiger partial charge on any atom is -0.393 e. The highest BCUT2D eigenvalue weighted by Gasteiger charge is 2.46. The molecule has 0 aromatic rings. The third kappa shape index (κ3) is 17.8. The lowest BCUT2D eigenvalue weighted by molar-refractivity contribution is -0.177. The molecule has 0 saturated carbocycles. The van der Waals surface area contributed by atoms with E-state index in [9.17, 15) is 19.8 Å². The van der Waals surface area contributed by atoms with Gasteiger partial charge >= 0.3 is 11.9 Å². The molecular formula is C35H68O5. The molecule has 0 aromatic carbocycles. The molecule has 5 nitrogen and oxygen atoms in total. The number of hydrogen-bond acceptors (Lipinski definition) is 5. The molecule has 0 saturated heterocycles. The van der Waals surface area contributed by atoms with Gasteiger partial charge in [0, 0.05) is 0 Å². The second kappa shape index (κ2) is 26.9. The molecule has 0 radical (unpaired) electrons. The van der Waals surface area contributed by atoms with Gasteiger partial charge in [-0.1, -0.05) is 163 Å². The number of carbonyl (C=O) groups excluding carboxylic acids is 2. The number of rotatable bonds is 29. The van der Waals surface area contributed by atoms with Crippen molar-refractivity contribution >= 4 is 11.9 Å². The molecule has 0 aliphatic carbocycles. The zero-order valence-corrected chi connectivity index (χ0v) is 27.2. The van der Waals surface area contributed by atoms with Crippen LogP contribution in [0, 0.1) is 11.3 Å². The zero-order chi connectivity index (χ0) is 29.9. The normalized spacial score (nSPS) is 13.3. The number of hydrogen-bond donors (Lipinski definition) is 2. The summed E-state index contributed by atoms with van der Waals surface area (Å²) in [5, 5.41) is 19.2. The molecule has 0 rings (SSSR count). The van der Waals surface area contributed by atoms with Gasteiger partial charge in [0.25, 0.3) is 0 Å². The molecule has 40 heavy (non-hydrogen) atoms. The Labute approximate surface area is 248 Å². The Hall–Kier alpha value is -0.940. The number of aliphatic hydroxyl groups excluding tert-OH is 2. The summed E-state index contributed by atoms with van der Waals surface area (Å²) in [4.78, 5) is 26.6. The summed E-state index contributed by atoms with van der Waals surface area (Å²) >= 11 is 0. The van der Waals surface area contributed by atoms with E-state index in [1.807, 2.05) is 0 Å². The summed E-state index contributed by atoms with van der Waals surface area (Å²) in [7, 11) is 0. The SMILES string of the molecule is CCCCCCCCC(CCCCCCC)C(CCCCCCC)(CCCCCCC)C(=O)OC(=O)C(O)CO. The van der Waals surface area contributed by atoms with Crippen LogP contribution >= 0.6 is 0 Å². The maximum absolute atomic E-state index is 14.1. The Kier molecular flexibility index (Phi) is 26.3. The first-order valence-corrected chi connectivity index (χ1v) is 17.5. The van der Waals surface area contributed by atoms with Gasteiger partial charge in [-0.2, -0.15) is 0 Å². The van der Waals surface area contributed by atoms with E-state index in [0.717, 1.165) is 64.2 Å². The Bertz CT molecular complexity index is 576. The van der Waals surface area contributed by atoms with Crippen LogP contribution in [-0.2, 0) is 14.3 Å². The lowest BCUT2D eigenvalue weighted by Crippen LogP contribution is -2.43. The molecule has 2 N–H and O–H groups in total. The third-order valence-electron chi connectivity index (χ3n) is 8.84. The van der Waals surface area contributed by atoms with E-state index in [2.05, 4.69) is 27.7 Å². The van der Waals surface area contributed by atoms with E-state index < -0.39 is 30.1 Å². The predicted octanol–water partition coefficient (Wildman–Crippen LogP) is 9.84. The van der Waals surface area contributed by atoms with Gasteiger partial charge in [0.15, 0.2) is 6.10 Å². The second-order valence-electron chi connectivity index (χ2n) is 12.3. The Balaban J connectivity index is 6.03. The average Bonchev–Trinajstić information content (AvgIpc) is 2.95. The number of esters is 2. The molecule has 0 amide bonds. The molecule has 0 aromatic heterocycles. The van der Waals surface area contributed by atoms with Gasteiger partial charge in [-0.25, -0.2) is 4.79 Å². The number of unbranched alkanes of at least 4 members (excludes halogenated alkanes) is 17. The zero-order valence-electron chi connectivity index (χ0n) is 27.2. The van der Waals surface area contributed by atoms with Gasteiger partial charge in [-0.3, -0.25) is 4.79 Å². The molecule has 0 aliphatic rings. The molecule has 2 atom stereocenters. The van der Waals surface area contributed by atoms with Crippen LogP contribution in [-0.4, -0.2) is 34.9 Å². The summed E-state index contributed by atoms with van der Waals surface area (Å²) in [5.41, 5.74) is -0.697. The van der Waals surface area contributed by atoms with Crippen LogP contribution in [0.4, 0.5) is 0 Å². The highest BCUT2D eigenvalue weighted by atomic mass is 16.6. The van der Waals surface area contributed by atoms with Crippen molar-refractivity contribution in [2.45, 2.75) is 194 Å². The van der Waals surface area contributed by atoms with E-state index in [4.69, 9.17) is 4.74 Å². The number of aliphatic hydroxyl groups is 2. The van der Waals surface area contributed by atoms with Gasteiger partial charge in [0.05, 0.1) is 12.0 Å². The molecule has 238 valence electrons. The first kappa shape index (κ1) is 39.1. The third-order valence-corrected chi connectivity index (χ3v) is 8.84. The van der Waals surface area contributed by atoms with Crippen molar-refractivity contribution < 1.29 is 24.5 Å². The van der Waals surface area contributed by atoms with Crippen molar-refractivity contribution in [1.82, 2.24) is 0 Å². The molecular weight excluding hydrogens is 500 g/mol. The Morgan fingerprint density at radius 1 is 0.575 bits per heavy atom. The molecule has 0 fully saturated rings. The van der Waals surface area contributed by atoms with Crippen LogP contribution in [0.2, 0.25) is 0 Å². The summed E-state index contributed by atoms with van der Waals surface area (Å²) in [5.74, 6) is -1.26. The molecule has 0 aliphatic heterocycles. The van der Waals surface area contributed by atoms with E-state index in [1.54, 1.807) is 0 Å². The molecule has 5 heteroatoms. The minimum absolute atomic E-state index is 0.184. The van der Waals surface area contributed by atoms with Crippen molar-refractivity contribution in [3.05, 3.63) is 0 Å². The standard InChI is InChI=1S/C35H68O5/c1-5-9-13-17-19-23-27-31(26-22-18-14-10-6-2)35(28-24-20-15-11-7-3,29-25-21-16-12-8-4)34(39)40-33(38)32(37)30-36/h31-32,36-37H,5-30H2,1-4H3. The lowest BCUT2D eigenvalue weighted by atomic mass is 9.65. The topological polar surface area (TPSA) is 83.8 Å². The van der Waals surface area contributed by atoms with Crippen molar-refractivity contribution in [3.63, 3.8) is 0 Å². The first-order chi connectivity index (χ1) is 19.4. The van der Waals surface area contributed by atoms with Gasteiger partial charge in [-0.05, 0) is 31.6 Å². The summed E-state index contributed by atoms with van der Waals surface area (Å²) in [6.45, 7) is 8.17. The fourth-order valence-corrected chi connectivity index (χ4v) is 6.19. The minimum atomic E-state index is -1.66. The maximum atomic E-state index is 14.1. The fourth-order valence-electron chi connectivity index (χ4n) is 6.19. The van der Waals surface area contributed by atoms with Gasteiger partial charge in [0.2, 0.25) is 0 Å². The first-order valence-electron chi connectivity index (χ1n) is 17.5. The average molecular weight is 569 g/mol. The quantitative estimate of drug-likeness (QED) is 0.0533. The van der Waals surface area contributed by atoms with Gasteiger partial charge < -0.3 is 14.9 Å². The van der Waals surface area contributed by atoms with E-state index in [1.165, 1.54) is 96.3 Å². The van der Waals surface area contributed by atoms with Gasteiger partial charge in [0.1, 0.15) is 0 Å². The smallest absolute Gasteiger partial charge is 0.345 e. The largest absolute Gasteiger partial charge is 0.393 e. The molecule has 0 spiro atoms. The summed E-state index contributed by atoms with van der Waals surface area (Å²) < 4.78 is 5.42. The van der Waals surface area contributed by atoms with Crippen LogP contribution in [0.1, 0.15) is 188 Å². The molecule has 0 heterocycles. The number of ether oxygens (including phenoxy) is 1. The monoisotopic (exact) mass is 569 g/mol. The Morgan fingerprint density at radius 2 is 0.925 bits per heavy atom. The van der Waals surface area contributed by atoms with Crippen LogP contribution in [0.25, 0.3) is 0 Å². The van der Waals surface area contributed by atoms with Crippen molar-refractivity contribution in [2.24, 2.45) is 11.3 Å². The lowest BCUT2D eigenvalue weighted by Gasteiger charge is -2.39. The van der Waals surface area contributed by atoms with E-state index >= 15 is 0 Å². The number of carbonyl (C=O) groups is 2. The predicted molar refractivity (Wildman–Crippen MR) is 168 cm³/mol. The van der Waals surface area contributed by atoms with Crippen molar-refractivity contribution in [3.8, 4) is 0 Å².